The first-order valence-corrected chi connectivity index (χ1v) is 6.67. The van der Waals surface area contributed by atoms with Gasteiger partial charge >= 0.3 is 5.97 Å². The van der Waals surface area contributed by atoms with Gasteiger partial charge in [-0.2, -0.15) is 0 Å². The summed E-state index contributed by atoms with van der Waals surface area (Å²) in [6.07, 6.45) is 0.836. The molecule has 2 heterocycles. The molecule has 0 aliphatic carbocycles. The van der Waals surface area contributed by atoms with Crippen LogP contribution in [0.1, 0.15) is 32.7 Å². The summed E-state index contributed by atoms with van der Waals surface area (Å²) in [5.41, 5.74) is 0. The van der Waals surface area contributed by atoms with Crippen LogP contribution in [0.4, 0.5) is 0 Å². The standard InChI is InChI=1S/C12H15NO4S/c1-2-8-7-17-6-5-13(8)11(14)9-3-4-10(18-9)12(15)16/h3-4,8H,2,5-7H2,1H3,(H,15,16). The van der Waals surface area contributed by atoms with Crippen molar-refractivity contribution in [2.24, 2.45) is 0 Å². The molecule has 1 amide bonds. The fraction of sp³-hybridized carbons (Fsp3) is 0.500. The molecule has 18 heavy (non-hydrogen) atoms. The molecule has 1 N–H and O–H groups in total. The number of morpholine rings is 1. The maximum atomic E-state index is 12.3. The zero-order chi connectivity index (χ0) is 13.1. The summed E-state index contributed by atoms with van der Waals surface area (Å²) in [6, 6.07) is 3.14. The molecule has 0 saturated carbocycles. The molecule has 1 aliphatic heterocycles. The van der Waals surface area contributed by atoms with Crippen molar-refractivity contribution in [3.05, 3.63) is 21.9 Å². The van der Waals surface area contributed by atoms with Crippen LogP contribution in [0.5, 0.6) is 0 Å². The van der Waals surface area contributed by atoms with E-state index in [4.69, 9.17) is 9.84 Å². The van der Waals surface area contributed by atoms with Crippen molar-refractivity contribution in [3.63, 3.8) is 0 Å². The van der Waals surface area contributed by atoms with E-state index in [1.54, 1.807) is 11.0 Å². The number of carbonyl (C=O) groups excluding carboxylic acids is 1. The lowest BCUT2D eigenvalue weighted by molar-refractivity contribution is -0.00253. The maximum Gasteiger partial charge on any atom is 0.345 e. The van der Waals surface area contributed by atoms with Gasteiger partial charge in [0.25, 0.3) is 5.91 Å². The molecule has 1 aliphatic rings. The molecule has 0 bridgehead atoms. The Bertz CT molecular complexity index is 457. The molecule has 2 rings (SSSR count). The van der Waals surface area contributed by atoms with Gasteiger partial charge in [-0.05, 0) is 18.6 Å². The van der Waals surface area contributed by atoms with Crippen molar-refractivity contribution in [1.82, 2.24) is 4.90 Å². The number of nitrogens with zero attached hydrogens (tertiary/aromatic N) is 1. The van der Waals surface area contributed by atoms with Crippen LogP contribution < -0.4 is 0 Å². The van der Waals surface area contributed by atoms with Crippen LogP contribution in [0.2, 0.25) is 0 Å². The van der Waals surface area contributed by atoms with Crippen LogP contribution in [0.15, 0.2) is 12.1 Å². The highest BCUT2D eigenvalue weighted by molar-refractivity contribution is 7.15. The number of carbonyl (C=O) groups is 2. The van der Waals surface area contributed by atoms with E-state index in [0.717, 1.165) is 17.8 Å². The molecule has 0 aromatic carbocycles. The molecule has 98 valence electrons. The lowest BCUT2D eigenvalue weighted by Gasteiger charge is -2.34. The molecule has 1 atom stereocenters. The summed E-state index contributed by atoms with van der Waals surface area (Å²) in [5, 5.41) is 8.85. The van der Waals surface area contributed by atoms with Crippen molar-refractivity contribution < 1.29 is 19.4 Å². The molecule has 6 heteroatoms. The van der Waals surface area contributed by atoms with Crippen molar-refractivity contribution in [3.8, 4) is 0 Å². The highest BCUT2D eigenvalue weighted by atomic mass is 32.1. The zero-order valence-electron chi connectivity index (χ0n) is 10.1. The van der Waals surface area contributed by atoms with E-state index < -0.39 is 5.97 Å². The van der Waals surface area contributed by atoms with Gasteiger partial charge in [-0.15, -0.1) is 11.3 Å². The fourth-order valence-corrected chi connectivity index (χ4v) is 2.77. The van der Waals surface area contributed by atoms with Crippen molar-refractivity contribution in [2.45, 2.75) is 19.4 Å². The minimum Gasteiger partial charge on any atom is -0.477 e. The molecular formula is C12H15NO4S. The Morgan fingerprint density at radius 2 is 2.22 bits per heavy atom. The summed E-state index contributed by atoms with van der Waals surface area (Å²) in [7, 11) is 0. The summed E-state index contributed by atoms with van der Waals surface area (Å²) in [6.45, 7) is 3.67. The Kier molecular flexibility index (Phi) is 3.98. The van der Waals surface area contributed by atoms with Crippen LogP contribution in [-0.4, -0.2) is 47.7 Å². The molecule has 0 spiro atoms. The predicted molar refractivity (Wildman–Crippen MR) is 67.2 cm³/mol. The third-order valence-corrected chi connectivity index (χ3v) is 4.05. The first-order valence-electron chi connectivity index (χ1n) is 5.85. The fourth-order valence-electron chi connectivity index (χ4n) is 1.97. The zero-order valence-corrected chi connectivity index (χ0v) is 10.9. The average molecular weight is 269 g/mol. The van der Waals surface area contributed by atoms with E-state index in [1.165, 1.54) is 6.07 Å². The normalized spacial score (nSPS) is 19.8. The number of aromatic carboxylic acids is 1. The van der Waals surface area contributed by atoms with Crippen molar-refractivity contribution in [2.75, 3.05) is 19.8 Å². The molecule has 1 fully saturated rings. The minimum atomic E-state index is -0.993. The number of carboxylic acids is 1. The molecule has 1 aromatic heterocycles. The minimum absolute atomic E-state index is 0.0848. The molecule has 1 saturated heterocycles. The Balaban J connectivity index is 2.15. The van der Waals surface area contributed by atoms with Crippen molar-refractivity contribution >= 4 is 23.2 Å². The Hall–Kier alpha value is -1.40. The summed E-state index contributed by atoms with van der Waals surface area (Å²) < 4.78 is 5.35. The summed E-state index contributed by atoms with van der Waals surface area (Å²) in [4.78, 5) is 25.5. The van der Waals surface area contributed by atoms with Crippen LogP contribution in [0.25, 0.3) is 0 Å². The van der Waals surface area contributed by atoms with Gasteiger partial charge in [-0.1, -0.05) is 6.92 Å². The highest BCUT2D eigenvalue weighted by Gasteiger charge is 2.27. The monoisotopic (exact) mass is 269 g/mol. The van der Waals surface area contributed by atoms with Crippen LogP contribution in [0.3, 0.4) is 0 Å². The number of amides is 1. The van der Waals surface area contributed by atoms with E-state index in [2.05, 4.69) is 0 Å². The van der Waals surface area contributed by atoms with Gasteiger partial charge < -0.3 is 14.7 Å². The number of carboxylic acid groups (broad SMARTS) is 1. The van der Waals surface area contributed by atoms with Crippen molar-refractivity contribution in [1.29, 1.82) is 0 Å². The molecule has 5 nitrogen and oxygen atoms in total. The smallest absolute Gasteiger partial charge is 0.345 e. The van der Waals surface area contributed by atoms with Gasteiger partial charge in [-0.25, -0.2) is 4.79 Å². The van der Waals surface area contributed by atoms with E-state index in [1.807, 2.05) is 6.92 Å². The van der Waals surface area contributed by atoms with E-state index in [-0.39, 0.29) is 16.8 Å². The molecule has 1 aromatic rings. The SMILES string of the molecule is CCC1COCCN1C(=O)c1ccc(C(=O)O)s1. The summed E-state index contributed by atoms with van der Waals surface area (Å²) in [5.74, 6) is -1.09. The molecular weight excluding hydrogens is 254 g/mol. The Labute approximate surface area is 109 Å². The number of thiophene rings is 1. The van der Waals surface area contributed by atoms with Crippen LogP contribution in [-0.2, 0) is 4.74 Å². The molecule has 1 unspecified atom stereocenters. The van der Waals surface area contributed by atoms with Crippen LogP contribution >= 0.6 is 11.3 Å². The van der Waals surface area contributed by atoms with Crippen LogP contribution in [0, 0.1) is 0 Å². The lowest BCUT2D eigenvalue weighted by Crippen LogP contribution is -2.48. The van der Waals surface area contributed by atoms with Gasteiger partial charge in [0.05, 0.1) is 24.1 Å². The number of rotatable bonds is 3. The van der Waals surface area contributed by atoms with E-state index in [9.17, 15) is 9.59 Å². The third-order valence-electron chi connectivity index (χ3n) is 2.99. The van der Waals surface area contributed by atoms with E-state index in [0.29, 0.717) is 24.6 Å². The first kappa shape index (κ1) is 13.0. The number of hydrogen-bond acceptors (Lipinski definition) is 4. The quantitative estimate of drug-likeness (QED) is 0.907. The van der Waals surface area contributed by atoms with E-state index >= 15 is 0 Å². The lowest BCUT2D eigenvalue weighted by atomic mass is 10.1. The Morgan fingerprint density at radius 3 is 2.83 bits per heavy atom. The van der Waals surface area contributed by atoms with Gasteiger partial charge in [0.1, 0.15) is 4.88 Å². The van der Waals surface area contributed by atoms with Gasteiger partial charge in [0.15, 0.2) is 0 Å². The largest absolute Gasteiger partial charge is 0.477 e. The maximum absolute atomic E-state index is 12.3. The average Bonchev–Trinajstić information content (AvgIpc) is 2.87. The second-order valence-electron chi connectivity index (χ2n) is 4.10. The first-order chi connectivity index (χ1) is 8.63. The molecule has 0 radical (unpaired) electrons. The summed E-state index contributed by atoms with van der Waals surface area (Å²) >= 11 is 1.02. The predicted octanol–water partition coefficient (Wildman–Crippen LogP) is 1.70. The van der Waals surface area contributed by atoms with Gasteiger partial charge in [0, 0.05) is 6.54 Å². The topological polar surface area (TPSA) is 66.8 Å². The highest BCUT2D eigenvalue weighted by Crippen LogP contribution is 2.21. The second-order valence-corrected chi connectivity index (χ2v) is 5.19. The number of hydrogen-bond donors (Lipinski definition) is 1. The van der Waals surface area contributed by atoms with Gasteiger partial charge in [-0.3, -0.25) is 4.79 Å². The second kappa shape index (κ2) is 5.49. The van der Waals surface area contributed by atoms with Gasteiger partial charge in [0.2, 0.25) is 0 Å². The Morgan fingerprint density at radius 1 is 1.50 bits per heavy atom. The number of ether oxygens (including phenoxy) is 1. The third kappa shape index (κ3) is 2.54.